The molecular weight excluding hydrogens is 296 g/mol. The van der Waals surface area contributed by atoms with Gasteiger partial charge >= 0.3 is 0 Å². The Morgan fingerprint density at radius 3 is 3.00 bits per heavy atom. The van der Waals surface area contributed by atoms with Gasteiger partial charge in [0, 0.05) is 37.9 Å². The van der Waals surface area contributed by atoms with Gasteiger partial charge in [-0.3, -0.25) is 4.99 Å². The molecule has 1 aliphatic carbocycles. The molecule has 24 heavy (non-hydrogen) atoms. The van der Waals surface area contributed by atoms with Crippen LogP contribution in [0.2, 0.25) is 0 Å². The molecule has 1 N–H and O–H groups in total. The van der Waals surface area contributed by atoms with Gasteiger partial charge in [0.25, 0.3) is 0 Å². The Hall–Kier alpha value is -2.46. The zero-order chi connectivity index (χ0) is 16.1. The van der Waals surface area contributed by atoms with Crippen LogP contribution in [0.15, 0.2) is 65.0 Å². The number of aromatic nitrogens is 1. The minimum Gasteiger partial charge on any atom is -0.346 e. The van der Waals surface area contributed by atoms with Crippen LogP contribution >= 0.6 is 0 Å². The lowest BCUT2D eigenvalue weighted by atomic mass is 9.92. The molecule has 0 aromatic carbocycles. The number of nitrogens with one attached hydrogen (secondary N) is 1. The second-order valence-electron chi connectivity index (χ2n) is 6.82. The van der Waals surface area contributed by atoms with Crippen LogP contribution in [0.25, 0.3) is 5.57 Å². The Bertz CT molecular complexity index is 839. The average molecular weight is 316 g/mol. The molecule has 2 atom stereocenters. The lowest BCUT2D eigenvalue weighted by Crippen LogP contribution is -2.34. The smallest absolute Gasteiger partial charge is 0.129 e. The molecule has 0 spiro atoms. The quantitative estimate of drug-likeness (QED) is 0.853. The Morgan fingerprint density at radius 1 is 1.21 bits per heavy atom. The van der Waals surface area contributed by atoms with E-state index in [1.165, 1.54) is 11.1 Å². The van der Waals surface area contributed by atoms with Gasteiger partial charge in [0.1, 0.15) is 5.82 Å². The molecule has 0 fully saturated rings. The predicted molar refractivity (Wildman–Crippen MR) is 98.1 cm³/mol. The van der Waals surface area contributed by atoms with Crippen molar-refractivity contribution in [2.75, 3.05) is 24.5 Å². The lowest BCUT2D eigenvalue weighted by molar-refractivity contribution is 0.716. The number of anilines is 1. The number of aliphatic imine (C=N–C) groups is 1. The lowest BCUT2D eigenvalue weighted by Gasteiger charge is -2.26. The first-order valence-corrected chi connectivity index (χ1v) is 8.58. The molecule has 4 heterocycles. The van der Waals surface area contributed by atoms with E-state index in [1.54, 1.807) is 11.1 Å². The van der Waals surface area contributed by atoms with Crippen LogP contribution in [0, 0.1) is 5.92 Å². The minimum atomic E-state index is 0.322. The monoisotopic (exact) mass is 316 g/mol. The number of hydrogen-bond donors (Lipinski definition) is 1. The van der Waals surface area contributed by atoms with Crippen LogP contribution in [0.4, 0.5) is 5.82 Å². The van der Waals surface area contributed by atoms with Crippen molar-refractivity contribution in [2.24, 2.45) is 10.9 Å². The van der Waals surface area contributed by atoms with Gasteiger partial charge in [-0.1, -0.05) is 18.2 Å². The van der Waals surface area contributed by atoms with Crippen LogP contribution in [0.5, 0.6) is 0 Å². The van der Waals surface area contributed by atoms with Gasteiger partial charge < -0.3 is 10.2 Å². The first-order valence-electron chi connectivity index (χ1n) is 8.58. The van der Waals surface area contributed by atoms with Gasteiger partial charge in [-0.15, -0.1) is 0 Å². The van der Waals surface area contributed by atoms with Crippen LogP contribution in [-0.4, -0.2) is 36.4 Å². The highest BCUT2D eigenvalue weighted by Crippen LogP contribution is 2.32. The third-order valence-corrected chi connectivity index (χ3v) is 5.47. The summed E-state index contributed by atoms with van der Waals surface area (Å²) in [6, 6.07) is 4.79. The molecule has 5 rings (SSSR count). The van der Waals surface area contributed by atoms with Crippen molar-refractivity contribution in [3.8, 4) is 0 Å². The fraction of sp³-hybridized carbons (Fsp3) is 0.300. The summed E-state index contributed by atoms with van der Waals surface area (Å²) in [4.78, 5) is 11.5. The predicted octanol–water partition coefficient (Wildman–Crippen LogP) is 2.73. The standard InChI is InChI=1S/C20H20N4/c1-13-18-11-21-9-17(18)12-24(13)20-5-3-16(10-23-20)14-2-4-19-15(8-14)6-7-22-19/h2-8,10,13,15,21H,9,11-12H2,1H3. The van der Waals surface area contributed by atoms with Crippen molar-refractivity contribution >= 4 is 17.1 Å². The summed E-state index contributed by atoms with van der Waals surface area (Å²) in [6.45, 7) is 5.35. The van der Waals surface area contributed by atoms with E-state index in [-0.39, 0.29) is 0 Å². The highest BCUT2D eigenvalue weighted by Gasteiger charge is 2.32. The Balaban J connectivity index is 1.38. The van der Waals surface area contributed by atoms with E-state index < -0.39 is 0 Å². The molecule has 4 heteroatoms. The fourth-order valence-electron chi connectivity index (χ4n) is 4.04. The van der Waals surface area contributed by atoms with E-state index in [1.807, 2.05) is 12.4 Å². The maximum Gasteiger partial charge on any atom is 0.129 e. The third kappa shape index (κ3) is 2.10. The van der Waals surface area contributed by atoms with E-state index in [2.05, 4.69) is 58.6 Å². The van der Waals surface area contributed by atoms with Gasteiger partial charge in [0.05, 0.1) is 11.8 Å². The van der Waals surface area contributed by atoms with Crippen molar-refractivity contribution in [3.63, 3.8) is 0 Å². The Kier molecular flexibility index (Phi) is 3.06. The fourth-order valence-corrected chi connectivity index (χ4v) is 4.04. The SMILES string of the molecule is CC1C2=C(CNC2)CN1c1ccc(C2=CC3C=CN=C3C=C2)cn1. The zero-order valence-electron chi connectivity index (χ0n) is 13.7. The number of hydrogen-bond acceptors (Lipinski definition) is 4. The molecule has 3 aliphatic heterocycles. The van der Waals surface area contributed by atoms with Crippen molar-refractivity contribution in [1.82, 2.24) is 10.3 Å². The molecule has 1 aromatic rings. The first-order chi connectivity index (χ1) is 11.8. The van der Waals surface area contributed by atoms with Crippen molar-refractivity contribution in [3.05, 3.63) is 65.5 Å². The third-order valence-electron chi connectivity index (χ3n) is 5.47. The average Bonchev–Trinajstić information content (AvgIpc) is 3.32. The summed E-state index contributed by atoms with van der Waals surface area (Å²) in [5, 5.41) is 3.45. The topological polar surface area (TPSA) is 40.5 Å². The van der Waals surface area contributed by atoms with E-state index in [4.69, 9.17) is 4.98 Å². The molecular formula is C20H20N4. The Morgan fingerprint density at radius 2 is 2.17 bits per heavy atom. The number of nitrogens with zero attached hydrogens (tertiary/aromatic N) is 3. The number of pyridine rings is 1. The minimum absolute atomic E-state index is 0.322. The largest absolute Gasteiger partial charge is 0.346 e. The van der Waals surface area contributed by atoms with E-state index in [0.29, 0.717) is 12.0 Å². The maximum atomic E-state index is 4.75. The second-order valence-corrected chi connectivity index (χ2v) is 6.82. The zero-order valence-corrected chi connectivity index (χ0v) is 13.7. The van der Waals surface area contributed by atoms with Gasteiger partial charge in [-0.25, -0.2) is 4.98 Å². The summed E-state index contributed by atoms with van der Waals surface area (Å²) in [5.74, 6) is 1.40. The molecule has 1 aromatic heterocycles. The van der Waals surface area contributed by atoms with Crippen LogP contribution in [-0.2, 0) is 0 Å². The highest BCUT2D eigenvalue weighted by atomic mass is 15.2. The molecule has 0 amide bonds. The van der Waals surface area contributed by atoms with Crippen LogP contribution < -0.4 is 10.2 Å². The summed E-state index contributed by atoms with van der Waals surface area (Å²) in [5.41, 5.74) is 6.63. The van der Waals surface area contributed by atoms with E-state index in [0.717, 1.165) is 31.2 Å². The van der Waals surface area contributed by atoms with Crippen molar-refractivity contribution < 1.29 is 0 Å². The van der Waals surface area contributed by atoms with Crippen LogP contribution in [0.3, 0.4) is 0 Å². The molecule has 4 nitrogen and oxygen atoms in total. The van der Waals surface area contributed by atoms with Crippen molar-refractivity contribution in [2.45, 2.75) is 13.0 Å². The highest BCUT2D eigenvalue weighted by molar-refractivity contribution is 6.06. The molecule has 4 aliphatic rings. The maximum absolute atomic E-state index is 4.75. The normalized spacial score (nSPS) is 27.5. The molecule has 0 radical (unpaired) electrons. The first kappa shape index (κ1) is 13.9. The molecule has 120 valence electrons. The number of allylic oxidation sites excluding steroid dienone is 5. The van der Waals surface area contributed by atoms with Gasteiger partial charge in [-0.2, -0.15) is 0 Å². The van der Waals surface area contributed by atoms with E-state index >= 15 is 0 Å². The molecule has 0 bridgehead atoms. The molecule has 0 saturated heterocycles. The summed E-state index contributed by atoms with van der Waals surface area (Å²) < 4.78 is 0. The molecule has 2 unspecified atom stereocenters. The number of fused-ring (bicyclic) bond motifs is 1. The van der Waals surface area contributed by atoms with Crippen LogP contribution in [0.1, 0.15) is 12.5 Å². The molecule has 0 saturated carbocycles. The Labute approximate surface area is 142 Å². The summed E-state index contributed by atoms with van der Waals surface area (Å²) in [7, 11) is 0. The summed E-state index contributed by atoms with van der Waals surface area (Å²) in [6.07, 6.45) is 12.5. The number of rotatable bonds is 2. The van der Waals surface area contributed by atoms with Gasteiger partial charge in [0.2, 0.25) is 0 Å². The van der Waals surface area contributed by atoms with E-state index in [9.17, 15) is 0 Å². The second kappa shape index (κ2) is 5.28. The van der Waals surface area contributed by atoms with Gasteiger partial charge in [-0.05, 0) is 47.4 Å². The van der Waals surface area contributed by atoms with Crippen molar-refractivity contribution in [1.29, 1.82) is 0 Å². The summed E-state index contributed by atoms with van der Waals surface area (Å²) >= 11 is 0. The van der Waals surface area contributed by atoms with Gasteiger partial charge in [0.15, 0.2) is 0 Å².